The smallest absolute Gasteiger partial charge is 0.130 e. The molecule has 0 radical (unpaired) electrons. The lowest BCUT2D eigenvalue weighted by atomic mass is 10.1. The lowest BCUT2D eigenvalue weighted by Crippen LogP contribution is -2.45. The number of hydrogen-bond acceptors (Lipinski definition) is 4. The first kappa shape index (κ1) is 13.8. The third-order valence-electron chi connectivity index (χ3n) is 3.74. The average Bonchev–Trinajstić information content (AvgIpc) is 2.45. The Labute approximate surface area is 124 Å². The number of nitrogens with two attached hydrogens (primary N) is 1. The van der Waals surface area contributed by atoms with Crippen LogP contribution in [0.2, 0.25) is 0 Å². The summed E-state index contributed by atoms with van der Waals surface area (Å²) in [7, 11) is 0. The zero-order valence-electron chi connectivity index (χ0n) is 12.3. The third-order valence-corrected chi connectivity index (χ3v) is 3.74. The third kappa shape index (κ3) is 2.69. The van der Waals surface area contributed by atoms with Gasteiger partial charge in [0.25, 0.3) is 0 Å². The van der Waals surface area contributed by atoms with Gasteiger partial charge in [0.05, 0.1) is 17.7 Å². The molecule has 1 saturated heterocycles. The Balaban J connectivity index is 2.08. The van der Waals surface area contributed by atoms with Crippen molar-refractivity contribution in [3.8, 4) is 0 Å². The molecule has 2 atom stereocenters. The Morgan fingerprint density at radius 3 is 2.62 bits per heavy atom. The first-order chi connectivity index (χ1) is 10.0. The second kappa shape index (κ2) is 5.33. The second-order valence-corrected chi connectivity index (χ2v) is 5.62. The molecule has 2 aromatic rings. The number of fused-ring (bicyclic) bond motifs is 1. The van der Waals surface area contributed by atoms with E-state index in [0.29, 0.717) is 0 Å². The Hall–Kier alpha value is -2.14. The van der Waals surface area contributed by atoms with Crippen LogP contribution < -0.4 is 10.6 Å². The molecular formula is C16H20N4O. The molecule has 21 heavy (non-hydrogen) atoms. The van der Waals surface area contributed by atoms with Gasteiger partial charge in [0.15, 0.2) is 0 Å². The monoisotopic (exact) mass is 284 g/mol. The van der Waals surface area contributed by atoms with Gasteiger partial charge in [-0.25, -0.2) is 4.98 Å². The zero-order valence-corrected chi connectivity index (χ0v) is 12.3. The van der Waals surface area contributed by atoms with Gasteiger partial charge in [0.1, 0.15) is 11.7 Å². The van der Waals surface area contributed by atoms with E-state index < -0.39 is 0 Å². The maximum atomic E-state index is 7.81. The van der Waals surface area contributed by atoms with Crippen molar-refractivity contribution < 1.29 is 4.74 Å². The van der Waals surface area contributed by atoms with Gasteiger partial charge in [0, 0.05) is 24.0 Å². The predicted molar refractivity (Wildman–Crippen MR) is 85.0 cm³/mol. The highest BCUT2D eigenvalue weighted by molar-refractivity contribution is 6.07. The Bertz CT molecular complexity index is 675. The van der Waals surface area contributed by atoms with Crippen LogP contribution in [0, 0.1) is 5.41 Å². The van der Waals surface area contributed by atoms with Crippen molar-refractivity contribution in [2.75, 3.05) is 18.0 Å². The fourth-order valence-corrected chi connectivity index (χ4v) is 2.91. The number of ether oxygens (including phenoxy) is 1. The maximum Gasteiger partial charge on any atom is 0.130 e. The molecule has 0 aliphatic carbocycles. The number of morpholine rings is 1. The van der Waals surface area contributed by atoms with E-state index in [9.17, 15) is 0 Å². The van der Waals surface area contributed by atoms with E-state index in [-0.39, 0.29) is 18.0 Å². The minimum Gasteiger partial charge on any atom is -0.384 e. The van der Waals surface area contributed by atoms with E-state index in [1.807, 2.05) is 30.3 Å². The van der Waals surface area contributed by atoms with Crippen molar-refractivity contribution in [3.05, 3.63) is 35.9 Å². The fraction of sp³-hybridized carbons (Fsp3) is 0.375. The van der Waals surface area contributed by atoms with Gasteiger partial charge in [-0.05, 0) is 26.0 Å². The fourth-order valence-electron chi connectivity index (χ4n) is 2.91. The lowest BCUT2D eigenvalue weighted by molar-refractivity contribution is -0.00544. The molecule has 0 saturated carbocycles. The average molecular weight is 284 g/mol. The van der Waals surface area contributed by atoms with Gasteiger partial charge in [-0.3, -0.25) is 5.41 Å². The normalized spacial score (nSPS) is 22.5. The molecule has 1 aromatic heterocycles. The second-order valence-electron chi connectivity index (χ2n) is 5.62. The minimum absolute atomic E-state index is 0.0733. The molecule has 5 nitrogen and oxygen atoms in total. The number of nitrogens with one attached hydrogen (secondary N) is 1. The van der Waals surface area contributed by atoms with Crippen molar-refractivity contribution >= 4 is 22.6 Å². The van der Waals surface area contributed by atoms with Crippen molar-refractivity contribution in [1.82, 2.24) is 4.98 Å². The first-order valence-corrected chi connectivity index (χ1v) is 7.19. The van der Waals surface area contributed by atoms with E-state index in [1.165, 1.54) is 0 Å². The summed E-state index contributed by atoms with van der Waals surface area (Å²) in [5.74, 6) is 0.935. The van der Waals surface area contributed by atoms with Crippen LogP contribution in [0.4, 0.5) is 5.82 Å². The highest BCUT2D eigenvalue weighted by Gasteiger charge is 2.24. The number of hydrogen-bond donors (Lipinski definition) is 2. The molecule has 3 N–H and O–H groups in total. The summed E-state index contributed by atoms with van der Waals surface area (Å²) in [5.41, 5.74) is 7.35. The first-order valence-electron chi connectivity index (χ1n) is 7.19. The molecule has 1 fully saturated rings. The zero-order chi connectivity index (χ0) is 15.0. The molecule has 5 heteroatoms. The van der Waals surface area contributed by atoms with E-state index >= 15 is 0 Å². The van der Waals surface area contributed by atoms with Crippen LogP contribution in [0.3, 0.4) is 0 Å². The standard InChI is InChI=1S/C16H20N4O/c1-10-8-20(9-11(2)21-10)15-7-13(16(17)18)12-5-3-4-6-14(12)19-15/h3-7,10-11H,8-9H2,1-2H3,(H3,17,18)/t10-,11+. The van der Waals surface area contributed by atoms with Gasteiger partial charge in [-0.2, -0.15) is 0 Å². The number of para-hydroxylation sites is 1. The van der Waals surface area contributed by atoms with Gasteiger partial charge >= 0.3 is 0 Å². The number of nitrogens with zero attached hydrogens (tertiary/aromatic N) is 2. The Morgan fingerprint density at radius 2 is 1.95 bits per heavy atom. The van der Waals surface area contributed by atoms with Crippen LogP contribution in [-0.4, -0.2) is 36.1 Å². The summed E-state index contributed by atoms with van der Waals surface area (Å²) < 4.78 is 5.77. The SMILES string of the molecule is C[C@@H]1CN(c2cc(C(=N)N)c3ccccc3n2)C[C@H](C)O1. The largest absolute Gasteiger partial charge is 0.384 e. The summed E-state index contributed by atoms with van der Waals surface area (Å²) in [4.78, 5) is 6.94. The minimum atomic E-state index is 0.0733. The molecule has 0 spiro atoms. The van der Waals surface area contributed by atoms with E-state index in [1.54, 1.807) is 0 Å². The van der Waals surface area contributed by atoms with Crippen molar-refractivity contribution in [3.63, 3.8) is 0 Å². The molecule has 0 unspecified atom stereocenters. The van der Waals surface area contributed by atoms with Gasteiger partial charge in [0.2, 0.25) is 0 Å². The number of pyridine rings is 1. The maximum absolute atomic E-state index is 7.81. The number of rotatable bonds is 2. The predicted octanol–water partition coefficient (Wildman–Crippen LogP) is 2.13. The molecule has 2 heterocycles. The highest BCUT2D eigenvalue weighted by atomic mass is 16.5. The number of aromatic nitrogens is 1. The van der Waals surface area contributed by atoms with Crippen LogP contribution >= 0.6 is 0 Å². The molecule has 0 amide bonds. The number of anilines is 1. The highest BCUT2D eigenvalue weighted by Crippen LogP contribution is 2.25. The summed E-state index contributed by atoms with van der Waals surface area (Å²) in [5, 5.41) is 8.73. The van der Waals surface area contributed by atoms with Crippen LogP contribution in [0.5, 0.6) is 0 Å². The quantitative estimate of drug-likeness (QED) is 0.654. The molecule has 1 aliphatic heterocycles. The summed E-state index contributed by atoms with van der Waals surface area (Å²) in [6.07, 6.45) is 0.339. The number of amidine groups is 1. The lowest BCUT2D eigenvalue weighted by Gasteiger charge is -2.36. The Morgan fingerprint density at radius 1 is 1.29 bits per heavy atom. The van der Waals surface area contributed by atoms with Crippen molar-refractivity contribution in [2.24, 2.45) is 5.73 Å². The van der Waals surface area contributed by atoms with Crippen LogP contribution in [-0.2, 0) is 4.74 Å². The van der Waals surface area contributed by atoms with Gasteiger partial charge in [-0.15, -0.1) is 0 Å². The van der Waals surface area contributed by atoms with E-state index in [2.05, 4.69) is 18.7 Å². The van der Waals surface area contributed by atoms with Crippen LogP contribution in [0.15, 0.2) is 30.3 Å². The van der Waals surface area contributed by atoms with E-state index in [4.69, 9.17) is 20.9 Å². The van der Waals surface area contributed by atoms with Gasteiger partial charge < -0.3 is 15.4 Å². The molecule has 1 aromatic carbocycles. The molecule has 0 bridgehead atoms. The van der Waals surface area contributed by atoms with Crippen LogP contribution in [0.25, 0.3) is 10.9 Å². The molecule has 1 aliphatic rings. The van der Waals surface area contributed by atoms with E-state index in [0.717, 1.165) is 35.4 Å². The molecule has 110 valence electrons. The number of nitrogen functional groups attached to an aromatic ring is 1. The Kier molecular flexibility index (Phi) is 3.51. The number of benzene rings is 1. The summed E-state index contributed by atoms with van der Waals surface area (Å²) in [6, 6.07) is 9.71. The van der Waals surface area contributed by atoms with Crippen molar-refractivity contribution in [2.45, 2.75) is 26.1 Å². The topological polar surface area (TPSA) is 75.2 Å². The van der Waals surface area contributed by atoms with Crippen molar-refractivity contribution in [1.29, 1.82) is 5.41 Å². The summed E-state index contributed by atoms with van der Waals surface area (Å²) in [6.45, 7) is 5.73. The van der Waals surface area contributed by atoms with Crippen LogP contribution in [0.1, 0.15) is 19.4 Å². The molecular weight excluding hydrogens is 264 g/mol. The molecule has 3 rings (SSSR count). The summed E-state index contributed by atoms with van der Waals surface area (Å²) >= 11 is 0. The van der Waals surface area contributed by atoms with Gasteiger partial charge in [-0.1, -0.05) is 18.2 Å².